The maximum Gasteiger partial charge on any atom is 0.495 e. The van der Waals surface area contributed by atoms with E-state index in [1.807, 2.05) is 74.0 Å². The summed E-state index contributed by atoms with van der Waals surface area (Å²) in [6.45, 7) is 13.4. The standard InChI is InChI=1S/C14H18BNO2.C9H7BrN2O.C8H6BrN.C7H8BrN/c1-13(2)14(3,4)18-15(17-13)12-7-5-6-10-8-16-9-11(10)12;1-6(13)12-9-4-2-3-8(10)7(9)5-11-12;9-8-3-1-2-6-4-10-5-7(6)8;1-5-6(8)3-2-4-7(5)9/h5-7,9H,8H2,1-4H3;2-5H,1H3;1-3,5H,4H2;2-4H,9H2,1H3. The molecule has 5 aromatic rings. The Bertz CT molecular complexity index is 2060. The van der Waals surface area contributed by atoms with Crippen molar-refractivity contribution in [2.24, 2.45) is 9.98 Å². The number of aliphatic imine (C=N–C) groups is 2. The van der Waals surface area contributed by atoms with Gasteiger partial charge in [0.05, 0.1) is 36.0 Å². The minimum atomic E-state index is -0.297. The van der Waals surface area contributed by atoms with Crippen LogP contribution in [0.1, 0.15) is 67.2 Å². The summed E-state index contributed by atoms with van der Waals surface area (Å²) in [4.78, 5) is 19.6. The van der Waals surface area contributed by atoms with Gasteiger partial charge in [-0.05, 0) is 92.7 Å². The van der Waals surface area contributed by atoms with Crippen LogP contribution in [0.25, 0.3) is 10.9 Å². The number of nitrogens with zero attached hydrogens (tertiary/aromatic N) is 4. The van der Waals surface area contributed by atoms with Crippen molar-refractivity contribution in [3.63, 3.8) is 0 Å². The van der Waals surface area contributed by atoms with Crippen molar-refractivity contribution in [3.05, 3.63) is 120 Å². The summed E-state index contributed by atoms with van der Waals surface area (Å²) in [5.41, 5.74) is 13.8. The second-order valence-electron chi connectivity index (χ2n) is 13.0. The average molecular weight is 864 g/mol. The van der Waals surface area contributed by atoms with Gasteiger partial charge in [-0.1, -0.05) is 90.3 Å². The van der Waals surface area contributed by atoms with E-state index in [9.17, 15) is 4.79 Å². The molecule has 4 heterocycles. The third-order valence-electron chi connectivity index (χ3n) is 9.01. The van der Waals surface area contributed by atoms with Crippen LogP contribution in [0.4, 0.5) is 5.69 Å². The van der Waals surface area contributed by atoms with Crippen LogP contribution < -0.4 is 11.2 Å². The Morgan fingerprint density at radius 2 is 1.32 bits per heavy atom. The predicted molar refractivity (Wildman–Crippen MR) is 216 cm³/mol. The van der Waals surface area contributed by atoms with Gasteiger partial charge in [-0.15, -0.1) is 0 Å². The number of carbonyl (C=O) groups excluding carboxylic acids is 1. The second-order valence-corrected chi connectivity index (χ2v) is 15.5. The molecule has 0 unspecified atom stereocenters. The summed E-state index contributed by atoms with van der Waals surface area (Å²) in [5.74, 6) is -0.0758. The Morgan fingerprint density at radius 3 is 1.92 bits per heavy atom. The number of carbonyl (C=O) groups is 1. The van der Waals surface area contributed by atoms with Crippen LogP contribution in [0.2, 0.25) is 0 Å². The number of hydrogen-bond donors (Lipinski definition) is 1. The number of fused-ring (bicyclic) bond motifs is 3. The number of hydrogen-bond acceptors (Lipinski definition) is 7. The van der Waals surface area contributed by atoms with E-state index in [-0.39, 0.29) is 24.2 Å². The lowest BCUT2D eigenvalue weighted by Gasteiger charge is -2.32. The van der Waals surface area contributed by atoms with Crippen molar-refractivity contribution in [1.82, 2.24) is 9.78 Å². The first-order chi connectivity index (χ1) is 23.7. The quantitative estimate of drug-likeness (QED) is 0.134. The largest absolute Gasteiger partial charge is 0.495 e. The molecule has 0 radical (unpaired) electrons. The number of anilines is 1. The van der Waals surface area contributed by atoms with Crippen molar-refractivity contribution in [1.29, 1.82) is 0 Å². The van der Waals surface area contributed by atoms with Gasteiger partial charge in [0.2, 0.25) is 5.91 Å². The summed E-state index contributed by atoms with van der Waals surface area (Å²) in [6.07, 6.45) is 5.52. The zero-order valence-corrected chi connectivity index (χ0v) is 33.6. The maximum absolute atomic E-state index is 11.1. The van der Waals surface area contributed by atoms with Gasteiger partial charge < -0.3 is 15.0 Å². The van der Waals surface area contributed by atoms with Crippen molar-refractivity contribution in [2.75, 3.05) is 5.73 Å². The third-order valence-corrected chi connectivity index (χ3v) is 11.3. The average Bonchev–Trinajstić information content (AvgIpc) is 3.87. The van der Waals surface area contributed by atoms with Crippen molar-refractivity contribution in [2.45, 2.75) is 65.8 Å². The summed E-state index contributed by atoms with van der Waals surface area (Å²) >= 11 is 10.2. The fourth-order valence-electron chi connectivity index (χ4n) is 5.33. The molecule has 3 aliphatic heterocycles. The number of halogens is 3. The highest BCUT2D eigenvalue weighted by atomic mass is 79.9. The van der Waals surface area contributed by atoms with Crippen molar-refractivity contribution < 1.29 is 14.1 Å². The first-order valence-electron chi connectivity index (χ1n) is 16.1. The topological polar surface area (TPSA) is 104 Å². The Kier molecular flexibility index (Phi) is 12.0. The fraction of sp³-hybridized carbons (Fsp3) is 0.263. The van der Waals surface area contributed by atoms with E-state index in [4.69, 9.17) is 15.0 Å². The zero-order chi connectivity index (χ0) is 36.2. The molecule has 0 atom stereocenters. The minimum absolute atomic E-state index is 0.0758. The molecule has 0 spiro atoms. The highest BCUT2D eigenvalue weighted by molar-refractivity contribution is 9.11. The molecule has 50 heavy (non-hydrogen) atoms. The molecule has 12 heteroatoms. The predicted octanol–water partition coefficient (Wildman–Crippen LogP) is 9.10. The first-order valence-corrected chi connectivity index (χ1v) is 18.5. The van der Waals surface area contributed by atoms with E-state index in [2.05, 4.69) is 109 Å². The van der Waals surface area contributed by atoms with Crippen LogP contribution in [0, 0.1) is 6.92 Å². The van der Waals surface area contributed by atoms with Gasteiger partial charge >= 0.3 is 7.12 Å². The van der Waals surface area contributed by atoms with E-state index in [1.165, 1.54) is 28.3 Å². The molecule has 3 aliphatic rings. The molecule has 4 aromatic carbocycles. The molecule has 1 fully saturated rings. The fourth-order valence-corrected chi connectivity index (χ4v) is 6.68. The number of nitrogens with two attached hydrogens (primary N) is 1. The van der Waals surface area contributed by atoms with Gasteiger partial charge in [-0.2, -0.15) is 5.10 Å². The maximum atomic E-state index is 11.1. The lowest BCUT2D eigenvalue weighted by molar-refractivity contribution is 0.00578. The Morgan fingerprint density at radius 1 is 0.780 bits per heavy atom. The molecule has 0 saturated carbocycles. The van der Waals surface area contributed by atoms with E-state index in [0.717, 1.165) is 59.7 Å². The van der Waals surface area contributed by atoms with Gasteiger partial charge in [0.15, 0.2) is 0 Å². The highest BCUT2D eigenvalue weighted by Crippen LogP contribution is 2.37. The molecular weight excluding hydrogens is 825 g/mol. The minimum Gasteiger partial charge on any atom is -0.399 e. The third kappa shape index (κ3) is 8.37. The molecule has 1 saturated heterocycles. The lowest BCUT2D eigenvalue weighted by atomic mass is 9.75. The second kappa shape index (κ2) is 15.9. The zero-order valence-electron chi connectivity index (χ0n) is 28.9. The van der Waals surface area contributed by atoms with Crippen molar-refractivity contribution >= 4 is 95.3 Å². The summed E-state index contributed by atoms with van der Waals surface area (Å²) in [5, 5.41) is 4.95. The SMILES string of the molecule is Brc1cccc2c1C=NC2.CC(=O)n1ncc2c(Br)cccc21.CC1(C)OB(c2cccc3c2C=NC3)OC1(C)C.Cc1c(N)cccc1Br. The molecule has 8 nitrogen and oxygen atoms in total. The van der Waals surface area contributed by atoms with Crippen LogP contribution in [-0.2, 0) is 22.4 Å². The molecule has 0 amide bonds. The molecule has 2 N–H and O–H groups in total. The van der Waals surface area contributed by atoms with Gasteiger partial charge in [0.25, 0.3) is 0 Å². The van der Waals surface area contributed by atoms with E-state index >= 15 is 0 Å². The number of nitrogen functional groups attached to an aromatic ring is 1. The molecule has 8 rings (SSSR count). The summed E-state index contributed by atoms with van der Waals surface area (Å²) in [6, 6.07) is 23.9. The molecule has 1 aromatic heterocycles. The van der Waals surface area contributed by atoms with Crippen LogP contribution in [0.15, 0.2) is 102 Å². The van der Waals surface area contributed by atoms with Crippen molar-refractivity contribution in [3.8, 4) is 0 Å². The van der Waals surface area contributed by atoms with Crippen LogP contribution in [0.3, 0.4) is 0 Å². The number of benzene rings is 4. The Hall–Kier alpha value is -3.42. The van der Waals surface area contributed by atoms with Crippen LogP contribution >= 0.6 is 47.8 Å². The van der Waals surface area contributed by atoms with E-state index in [1.54, 1.807) is 6.20 Å². The molecular formula is C38H39BBr3N5O3. The summed E-state index contributed by atoms with van der Waals surface area (Å²) < 4.78 is 16.7. The molecule has 258 valence electrons. The normalized spacial score (nSPS) is 15.7. The molecule has 0 aliphatic carbocycles. The number of aromatic nitrogens is 2. The molecule has 0 bridgehead atoms. The summed E-state index contributed by atoms with van der Waals surface area (Å²) in [7, 11) is -0.297. The van der Waals surface area contributed by atoms with Gasteiger partial charge in [0.1, 0.15) is 0 Å². The first kappa shape index (κ1) is 37.8. The van der Waals surface area contributed by atoms with Crippen LogP contribution in [0.5, 0.6) is 0 Å². The van der Waals surface area contributed by atoms with Gasteiger partial charge in [-0.3, -0.25) is 14.8 Å². The lowest BCUT2D eigenvalue weighted by Crippen LogP contribution is -2.41. The van der Waals surface area contributed by atoms with E-state index in [0.29, 0.717) is 0 Å². The monoisotopic (exact) mass is 861 g/mol. The Labute approximate surface area is 319 Å². The van der Waals surface area contributed by atoms with Gasteiger partial charge in [-0.25, -0.2) is 4.68 Å². The Balaban J connectivity index is 0.000000135. The van der Waals surface area contributed by atoms with Gasteiger partial charge in [0, 0.05) is 49.4 Å². The van der Waals surface area contributed by atoms with E-state index < -0.39 is 0 Å². The smallest absolute Gasteiger partial charge is 0.399 e. The number of rotatable bonds is 1. The highest BCUT2D eigenvalue weighted by Gasteiger charge is 2.52. The van der Waals surface area contributed by atoms with Crippen LogP contribution in [-0.4, -0.2) is 46.4 Å².